The van der Waals surface area contributed by atoms with Crippen molar-refractivity contribution >= 4 is 5.91 Å². The molecule has 0 spiro atoms. The van der Waals surface area contributed by atoms with E-state index >= 15 is 0 Å². The lowest BCUT2D eigenvalue weighted by molar-refractivity contribution is -0.143. The Labute approximate surface area is 86.2 Å². The van der Waals surface area contributed by atoms with E-state index in [1.54, 1.807) is 0 Å². The van der Waals surface area contributed by atoms with E-state index in [1.807, 2.05) is 13.8 Å². The molecule has 1 saturated carbocycles. The SMILES string of the molecule is CC(C)ONC(=O)C1CCCC1(C)C. The van der Waals surface area contributed by atoms with E-state index in [0.717, 1.165) is 19.3 Å². The molecule has 0 aliphatic heterocycles. The molecule has 0 bridgehead atoms. The fourth-order valence-electron chi connectivity index (χ4n) is 2.06. The van der Waals surface area contributed by atoms with Gasteiger partial charge in [-0.1, -0.05) is 20.3 Å². The van der Waals surface area contributed by atoms with Gasteiger partial charge in [-0.25, -0.2) is 5.48 Å². The molecular formula is C11H21NO2. The highest BCUT2D eigenvalue weighted by Crippen LogP contribution is 2.42. The fourth-order valence-corrected chi connectivity index (χ4v) is 2.06. The van der Waals surface area contributed by atoms with Crippen molar-refractivity contribution in [3.8, 4) is 0 Å². The summed E-state index contributed by atoms with van der Waals surface area (Å²) >= 11 is 0. The number of rotatable bonds is 3. The Kier molecular flexibility index (Phi) is 3.53. The molecule has 0 saturated heterocycles. The predicted octanol–water partition coefficient (Wildman–Crippen LogP) is 2.27. The maximum absolute atomic E-state index is 11.7. The molecule has 1 fully saturated rings. The first-order valence-corrected chi connectivity index (χ1v) is 5.39. The standard InChI is InChI=1S/C11H21NO2/c1-8(2)14-12-10(13)9-6-5-7-11(9,3)4/h8-9H,5-7H2,1-4H3,(H,12,13). The molecule has 3 heteroatoms. The minimum atomic E-state index is 0.0428. The third-order valence-corrected chi connectivity index (χ3v) is 2.97. The van der Waals surface area contributed by atoms with Crippen molar-refractivity contribution in [3.05, 3.63) is 0 Å². The van der Waals surface area contributed by atoms with Crippen LogP contribution in [0.1, 0.15) is 47.0 Å². The first kappa shape index (κ1) is 11.5. The van der Waals surface area contributed by atoms with Crippen LogP contribution in [0.15, 0.2) is 0 Å². The van der Waals surface area contributed by atoms with Crippen LogP contribution in [-0.4, -0.2) is 12.0 Å². The quantitative estimate of drug-likeness (QED) is 0.708. The van der Waals surface area contributed by atoms with Gasteiger partial charge >= 0.3 is 0 Å². The van der Waals surface area contributed by atoms with Gasteiger partial charge in [0.05, 0.1) is 6.10 Å². The van der Waals surface area contributed by atoms with E-state index in [4.69, 9.17) is 4.84 Å². The van der Waals surface area contributed by atoms with Gasteiger partial charge in [0.1, 0.15) is 0 Å². The number of carbonyl (C=O) groups excluding carboxylic acids is 1. The lowest BCUT2D eigenvalue weighted by Crippen LogP contribution is -2.37. The Bertz CT molecular complexity index is 211. The van der Waals surface area contributed by atoms with Gasteiger partial charge in [0.15, 0.2) is 0 Å². The predicted molar refractivity (Wildman–Crippen MR) is 55.5 cm³/mol. The van der Waals surface area contributed by atoms with Crippen molar-refractivity contribution in [2.24, 2.45) is 11.3 Å². The highest BCUT2D eigenvalue weighted by Gasteiger charge is 2.39. The maximum Gasteiger partial charge on any atom is 0.247 e. The van der Waals surface area contributed by atoms with Crippen molar-refractivity contribution in [1.29, 1.82) is 0 Å². The summed E-state index contributed by atoms with van der Waals surface area (Å²) in [5, 5.41) is 0. The smallest absolute Gasteiger partial charge is 0.247 e. The summed E-state index contributed by atoms with van der Waals surface area (Å²) in [7, 11) is 0. The van der Waals surface area contributed by atoms with Gasteiger partial charge in [-0.05, 0) is 32.1 Å². The Morgan fingerprint density at radius 1 is 1.50 bits per heavy atom. The normalized spacial score (nSPS) is 25.4. The Morgan fingerprint density at radius 2 is 2.14 bits per heavy atom. The summed E-state index contributed by atoms with van der Waals surface area (Å²) in [4.78, 5) is 16.8. The van der Waals surface area contributed by atoms with Crippen LogP contribution in [-0.2, 0) is 9.63 Å². The highest BCUT2D eigenvalue weighted by atomic mass is 16.7. The van der Waals surface area contributed by atoms with E-state index in [-0.39, 0.29) is 23.3 Å². The van der Waals surface area contributed by atoms with Crippen LogP contribution in [0.25, 0.3) is 0 Å². The monoisotopic (exact) mass is 199 g/mol. The number of hydroxylamine groups is 1. The zero-order valence-corrected chi connectivity index (χ0v) is 9.59. The molecule has 1 aliphatic rings. The summed E-state index contributed by atoms with van der Waals surface area (Å²) in [6.45, 7) is 8.11. The van der Waals surface area contributed by atoms with Crippen molar-refractivity contribution in [1.82, 2.24) is 5.48 Å². The van der Waals surface area contributed by atoms with Crippen LogP contribution in [0.5, 0.6) is 0 Å². The minimum Gasteiger partial charge on any atom is -0.272 e. The van der Waals surface area contributed by atoms with Crippen LogP contribution in [0, 0.1) is 11.3 Å². The third-order valence-electron chi connectivity index (χ3n) is 2.97. The van der Waals surface area contributed by atoms with Crippen LogP contribution in [0.3, 0.4) is 0 Å². The lowest BCUT2D eigenvalue weighted by Gasteiger charge is -2.25. The van der Waals surface area contributed by atoms with Gasteiger partial charge in [-0.3, -0.25) is 9.63 Å². The molecule has 0 aromatic heterocycles. The zero-order valence-electron chi connectivity index (χ0n) is 9.59. The Hall–Kier alpha value is -0.570. The number of nitrogens with one attached hydrogen (secondary N) is 1. The first-order valence-electron chi connectivity index (χ1n) is 5.39. The summed E-state index contributed by atoms with van der Waals surface area (Å²) in [6.07, 6.45) is 3.31. The van der Waals surface area contributed by atoms with Gasteiger partial charge in [-0.15, -0.1) is 0 Å². The molecule has 1 aliphatic carbocycles. The third kappa shape index (κ3) is 2.71. The van der Waals surface area contributed by atoms with Crippen molar-refractivity contribution in [2.75, 3.05) is 0 Å². The van der Waals surface area contributed by atoms with E-state index < -0.39 is 0 Å². The number of hydrogen-bond acceptors (Lipinski definition) is 2. The van der Waals surface area contributed by atoms with Crippen LogP contribution < -0.4 is 5.48 Å². The van der Waals surface area contributed by atoms with E-state index in [2.05, 4.69) is 19.3 Å². The van der Waals surface area contributed by atoms with Crippen molar-refractivity contribution in [2.45, 2.75) is 53.1 Å². The number of amides is 1. The van der Waals surface area contributed by atoms with Crippen molar-refractivity contribution in [3.63, 3.8) is 0 Å². The van der Waals surface area contributed by atoms with Gasteiger partial charge < -0.3 is 0 Å². The molecule has 1 N–H and O–H groups in total. The average Bonchev–Trinajstić information content (AvgIpc) is 2.41. The second-order valence-electron chi connectivity index (χ2n) is 5.07. The Morgan fingerprint density at radius 3 is 2.57 bits per heavy atom. The van der Waals surface area contributed by atoms with Gasteiger partial charge in [0.25, 0.3) is 0 Å². The summed E-state index contributed by atoms with van der Waals surface area (Å²) in [5.41, 5.74) is 2.67. The molecule has 0 radical (unpaired) electrons. The maximum atomic E-state index is 11.7. The summed E-state index contributed by atoms with van der Waals surface area (Å²) in [5.74, 6) is 0.155. The van der Waals surface area contributed by atoms with Crippen LogP contribution >= 0.6 is 0 Å². The second kappa shape index (κ2) is 4.30. The highest BCUT2D eigenvalue weighted by molar-refractivity contribution is 5.78. The van der Waals surface area contributed by atoms with Crippen LogP contribution in [0.4, 0.5) is 0 Å². The van der Waals surface area contributed by atoms with Gasteiger partial charge in [0, 0.05) is 5.92 Å². The van der Waals surface area contributed by atoms with Crippen LogP contribution in [0.2, 0.25) is 0 Å². The van der Waals surface area contributed by atoms with E-state index in [0.29, 0.717) is 0 Å². The first-order chi connectivity index (χ1) is 6.43. The summed E-state index contributed by atoms with van der Waals surface area (Å²) < 4.78 is 0. The molecule has 3 nitrogen and oxygen atoms in total. The zero-order chi connectivity index (χ0) is 10.8. The average molecular weight is 199 g/mol. The Balaban J connectivity index is 2.44. The molecule has 0 aromatic rings. The molecule has 1 rings (SSSR count). The van der Waals surface area contributed by atoms with E-state index in [9.17, 15) is 4.79 Å². The summed E-state index contributed by atoms with van der Waals surface area (Å²) in [6, 6.07) is 0. The number of hydrogen-bond donors (Lipinski definition) is 1. The van der Waals surface area contributed by atoms with Gasteiger partial charge in [0.2, 0.25) is 5.91 Å². The molecule has 1 unspecified atom stereocenters. The largest absolute Gasteiger partial charge is 0.272 e. The van der Waals surface area contributed by atoms with Gasteiger partial charge in [-0.2, -0.15) is 0 Å². The fraction of sp³-hybridized carbons (Fsp3) is 0.909. The lowest BCUT2D eigenvalue weighted by atomic mass is 9.81. The molecule has 14 heavy (non-hydrogen) atoms. The van der Waals surface area contributed by atoms with Crippen molar-refractivity contribution < 1.29 is 9.63 Å². The minimum absolute atomic E-state index is 0.0428. The second-order valence-corrected chi connectivity index (χ2v) is 5.07. The molecule has 1 atom stereocenters. The molecule has 0 aromatic carbocycles. The number of carbonyl (C=O) groups is 1. The molecule has 1 amide bonds. The molecular weight excluding hydrogens is 178 g/mol. The molecule has 0 heterocycles. The van der Waals surface area contributed by atoms with E-state index in [1.165, 1.54) is 0 Å². The topological polar surface area (TPSA) is 38.3 Å². The molecule has 82 valence electrons.